The number of anilines is 1. The Labute approximate surface area is 99.8 Å². The first-order valence-electron chi connectivity index (χ1n) is 6.33. The Balaban J connectivity index is 2.67. The smallest absolute Gasteiger partial charge is 0.0366 e. The molecule has 1 nitrogen and oxygen atoms in total. The van der Waals surface area contributed by atoms with Gasteiger partial charge >= 0.3 is 0 Å². The van der Waals surface area contributed by atoms with Crippen LogP contribution >= 0.6 is 0 Å². The molecule has 0 fully saturated rings. The molecular weight excluding hydrogens is 194 g/mol. The van der Waals surface area contributed by atoms with Crippen molar-refractivity contribution in [2.24, 2.45) is 0 Å². The maximum absolute atomic E-state index is 2.36. The fourth-order valence-electron chi connectivity index (χ4n) is 1.77. The molecule has 0 aliphatic heterocycles. The van der Waals surface area contributed by atoms with Gasteiger partial charge in [0, 0.05) is 18.8 Å². The van der Waals surface area contributed by atoms with Crippen molar-refractivity contribution in [1.29, 1.82) is 0 Å². The molecule has 1 heteroatoms. The van der Waals surface area contributed by atoms with Gasteiger partial charge < -0.3 is 4.90 Å². The van der Waals surface area contributed by atoms with E-state index in [4.69, 9.17) is 0 Å². The summed E-state index contributed by atoms with van der Waals surface area (Å²) >= 11 is 0. The van der Waals surface area contributed by atoms with E-state index in [0.29, 0.717) is 0 Å². The zero-order valence-electron chi connectivity index (χ0n) is 10.7. The lowest BCUT2D eigenvalue weighted by molar-refractivity contribution is 0.866. The summed E-state index contributed by atoms with van der Waals surface area (Å²) in [6.07, 6.45) is 6.83. The standard InChI is InChI=1S/C15H23N/c1-4-7-8-9-14-10-12-15(13-11-14)16(5-2)6-3/h8-13H,4-7H2,1-3H3. The van der Waals surface area contributed by atoms with E-state index in [9.17, 15) is 0 Å². The van der Waals surface area contributed by atoms with Gasteiger partial charge in [0.05, 0.1) is 0 Å². The summed E-state index contributed by atoms with van der Waals surface area (Å²) in [7, 11) is 0. The molecule has 0 spiro atoms. The minimum atomic E-state index is 1.07. The van der Waals surface area contributed by atoms with Crippen LogP contribution in [0, 0.1) is 0 Å². The molecule has 0 N–H and O–H groups in total. The minimum absolute atomic E-state index is 1.07. The largest absolute Gasteiger partial charge is 0.372 e. The molecular formula is C15H23N. The highest BCUT2D eigenvalue weighted by Crippen LogP contribution is 2.15. The Kier molecular flexibility index (Phi) is 5.69. The molecule has 0 aliphatic rings. The van der Waals surface area contributed by atoms with Crippen LogP contribution in [-0.2, 0) is 0 Å². The molecule has 0 saturated heterocycles. The molecule has 0 aromatic heterocycles. The zero-order valence-corrected chi connectivity index (χ0v) is 10.7. The molecule has 0 aliphatic carbocycles. The number of hydrogen-bond acceptors (Lipinski definition) is 1. The lowest BCUT2D eigenvalue weighted by Gasteiger charge is -2.20. The van der Waals surface area contributed by atoms with Crippen LogP contribution in [0.3, 0.4) is 0 Å². The fraction of sp³-hybridized carbons (Fsp3) is 0.467. The normalized spacial score (nSPS) is 10.9. The molecule has 1 rings (SSSR count). The van der Waals surface area contributed by atoms with Gasteiger partial charge in [-0.2, -0.15) is 0 Å². The number of rotatable bonds is 6. The van der Waals surface area contributed by atoms with Crippen LogP contribution in [0.25, 0.3) is 6.08 Å². The third kappa shape index (κ3) is 3.73. The first-order chi connectivity index (χ1) is 7.81. The van der Waals surface area contributed by atoms with Crippen molar-refractivity contribution in [2.75, 3.05) is 18.0 Å². The van der Waals surface area contributed by atoms with Crippen LogP contribution < -0.4 is 4.90 Å². The maximum atomic E-state index is 2.36. The van der Waals surface area contributed by atoms with Crippen molar-refractivity contribution < 1.29 is 0 Å². The Bertz CT molecular complexity index is 307. The van der Waals surface area contributed by atoms with Gasteiger partial charge in [-0.1, -0.05) is 37.6 Å². The molecule has 0 heterocycles. The second-order valence-corrected chi connectivity index (χ2v) is 3.95. The average Bonchev–Trinajstić information content (AvgIpc) is 2.33. The fourth-order valence-corrected chi connectivity index (χ4v) is 1.77. The van der Waals surface area contributed by atoms with E-state index in [-0.39, 0.29) is 0 Å². The Morgan fingerprint density at radius 2 is 1.62 bits per heavy atom. The van der Waals surface area contributed by atoms with Crippen molar-refractivity contribution in [3.05, 3.63) is 35.9 Å². The van der Waals surface area contributed by atoms with E-state index in [1.807, 2.05) is 0 Å². The van der Waals surface area contributed by atoms with Crippen molar-refractivity contribution in [2.45, 2.75) is 33.6 Å². The Hall–Kier alpha value is -1.24. The second kappa shape index (κ2) is 7.10. The highest BCUT2D eigenvalue weighted by Gasteiger charge is 1.99. The predicted molar refractivity (Wildman–Crippen MR) is 73.9 cm³/mol. The number of hydrogen-bond donors (Lipinski definition) is 0. The Morgan fingerprint density at radius 3 is 2.12 bits per heavy atom. The summed E-state index contributed by atoms with van der Waals surface area (Å²) in [4.78, 5) is 2.36. The summed E-state index contributed by atoms with van der Waals surface area (Å²) in [5.74, 6) is 0. The first-order valence-corrected chi connectivity index (χ1v) is 6.33. The number of benzene rings is 1. The molecule has 0 bridgehead atoms. The lowest BCUT2D eigenvalue weighted by Crippen LogP contribution is -2.21. The van der Waals surface area contributed by atoms with Gasteiger partial charge in [-0.05, 0) is 38.0 Å². The molecule has 0 unspecified atom stereocenters. The topological polar surface area (TPSA) is 3.24 Å². The van der Waals surface area contributed by atoms with Crippen LogP contribution in [-0.4, -0.2) is 13.1 Å². The minimum Gasteiger partial charge on any atom is -0.372 e. The van der Waals surface area contributed by atoms with Crippen molar-refractivity contribution in [3.63, 3.8) is 0 Å². The molecule has 16 heavy (non-hydrogen) atoms. The SMILES string of the molecule is CCCC=Cc1ccc(N(CC)CC)cc1. The second-order valence-electron chi connectivity index (χ2n) is 3.95. The number of nitrogens with zero attached hydrogens (tertiary/aromatic N) is 1. The molecule has 0 amide bonds. The van der Waals surface area contributed by atoms with E-state index in [2.05, 4.69) is 62.1 Å². The van der Waals surface area contributed by atoms with Crippen LogP contribution in [0.15, 0.2) is 30.3 Å². The maximum Gasteiger partial charge on any atom is 0.0366 e. The van der Waals surface area contributed by atoms with Gasteiger partial charge in [0.25, 0.3) is 0 Å². The van der Waals surface area contributed by atoms with Gasteiger partial charge in [0.2, 0.25) is 0 Å². The van der Waals surface area contributed by atoms with Crippen LogP contribution in [0.5, 0.6) is 0 Å². The van der Waals surface area contributed by atoms with Crippen molar-refractivity contribution in [3.8, 4) is 0 Å². The number of unbranched alkanes of at least 4 members (excludes halogenated alkanes) is 1. The molecule has 0 radical (unpaired) electrons. The molecule has 1 aromatic carbocycles. The van der Waals surface area contributed by atoms with Gasteiger partial charge in [0.1, 0.15) is 0 Å². The van der Waals surface area contributed by atoms with E-state index in [1.165, 1.54) is 17.7 Å². The molecule has 1 aromatic rings. The van der Waals surface area contributed by atoms with E-state index in [0.717, 1.165) is 19.5 Å². The van der Waals surface area contributed by atoms with Crippen molar-refractivity contribution in [1.82, 2.24) is 0 Å². The van der Waals surface area contributed by atoms with Crippen LogP contribution in [0.1, 0.15) is 39.2 Å². The summed E-state index contributed by atoms with van der Waals surface area (Å²) in [6.45, 7) is 8.73. The van der Waals surface area contributed by atoms with E-state index < -0.39 is 0 Å². The third-order valence-corrected chi connectivity index (χ3v) is 2.79. The monoisotopic (exact) mass is 217 g/mol. The third-order valence-electron chi connectivity index (χ3n) is 2.79. The summed E-state index contributed by atoms with van der Waals surface area (Å²) in [6, 6.07) is 8.80. The van der Waals surface area contributed by atoms with Gasteiger partial charge in [0.15, 0.2) is 0 Å². The number of allylic oxidation sites excluding steroid dienone is 1. The van der Waals surface area contributed by atoms with Gasteiger partial charge in [-0.25, -0.2) is 0 Å². The van der Waals surface area contributed by atoms with Crippen molar-refractivity contribution >= 4 is 11.8 Å². The summed E-state index contributed by atoms with van der Waals surface area (Å²) < 4.78 is 0. The van der Waals surface area contributed by atoms with Crippen LogP contribution in [0.4, 0.5) is 5.69 Å². The first kappa shape index (κ1) is 12.8. The van der Waals surface area contributed by atoms with E-state index >= 15 is 0 Å². The summed E-state index contributed by atoms with van der Waals surface area (Å²) in [5, 5.41) is 0. The van der Waals surface area contributed by atoms with Gasteiger partial charge in [-0.3, -0.25) is 0 Å². The Morgan fingerprint density at radius 1 is 1.00 bits per heavy atom. The molecule has 0 atom stereocenters. The zero-order chi connectivity index (χ0) is 11.8. The van der Waals surface area contributed by atoms with Crippen LogP contribution in [0.2, 0.25) is 0 Å². The highest BCUT2D eigenvalue weighted by molar-refractivity contribution is 5.55. The molecule has 88 valence electrons. The average molecular weight is 217 g/mol. The quantitative estimate of drug-likeness (QED) is 0.685. The van der Waals surface area contributed by atoms with E-state index in [1.54, 1.807) is 0 Å². The summed E-state index contributed by atoms with van der Waals surface area (Å²) in [5.41, 5.74) is 2.61. The predicted octanol–water partition coefficient (Wildman–Crippen LogP) is 4.35. The molecule has 0 saturated carbocycles. The highest BCUT2D eigenvalue weighted by atomic mass is 15.1. The lowest BCUT2D eigenvalue weighted by atomic mass is 10.1. The van der Waals surface area contributed by atoms with Gasteiger partial charge in [-0.15, -0.1) is 0 Å².